The highest BCUT2D eigenvalue weighted by Crippen LogP contribution is 2.30. The molecule has 0 radical (unpaired) electrons. The molecule has 0 amide bonds. The van der Waals surface area contributed by atoms with E-state index in [1.165, 1.54) is 12.1 Å². The van der Waals surface area contributed by atoms with Gasteiger partial charge in [0.1, 0.15) is 5.75 Å². The number of hydrogen-bond acceptors (Lipinski definition) is 7. The van der Waals surface area contributed by atoms with Crippen molar-refractivity contribution < 1.29 is 9.66 Å². The molecule has 0 aliphatic carbocycles. The van der Waals surface area contributed by atoms with E-state index in [9.17, 15) is 10.1 Å². The second-order valence-electron chi connectivity index (χ2n) is 4.83. The predicted octanol–water partition coefficient (Wildman–Crippen LogP) is 2.71. The highest BCUT2D eigenvalue weighted by atomic mass is 16.6. The van der Waals surface area contributed by atoms with Crippen LogP contribution in [0.4, 0.5) is 17.2 Å². The van der Waals surface area contributed by atoms with Crippen LogP contribution in [0.15, 0.2) is 42.5 Å². The first-order valence-corrected chi connectivity index (χ1v) is 6.75. The quantitative estimate of drug-likeness (QED) is 0.540. The SMILES string of the molecule is COc1ccc(N(C)c2nnnc3ccc([N+](=O)[O-])cc23)cc1. The standard InChI is InChI=1S/C15H13N5O3/c1-19(10-3-6-12(23-2)7-4-10)15-13-9-11(20(21)22)5-8-14(13)16-18-17-15/h3-9H,1-2H3. The summed E-state index contributed by atoms with van der Waals surface area (Å²) in [6, 6.07) is 11.8. The molecule has 8 nitrogen and oxygen atoms in total. The number of fused-ring (bicyclic) bond motifs is 1. The van der Waals surface area contributed by atoms with Crippen molar-refractivity contribution >= 4 is 28.1 Å². The highest BCUT2D eigenvalue weighted by molar-refractivity contribution is 5.92. The number of hydrogen-bond donors (Lipinski definition) is 0. The number of nitro groups is 1. The first kappa shape index (κ1) is 14.6. The molecule has 3 rings (SSSR count). The Morgan fingerprint density at radius 3 is 2.52 bits per heavy atom. The van der Waals surface area contributed by atoms with Crippen LogP contribution in [0.1, 0.15) is 0 Å². The maximum absolute atomic E-state index is 11.0. The normalized spacial score (nSPS) is 10.5. The fourth-order valence-electron chi connectivity index (χ4n) is 2.25. The van der Waals surface area contributed by atoms with Crippen molar-refractivity contribution in [1.29, 1.82) is 0 Å². The Labute approximate surface area is 131 Å². The molecule has 23 heavy (non-hydrogen) atoms. The second-order valence-corrected chi connectivity index (χ2v) is 4.83. The Kier molecular flexibility index (Phi) is 3.71. The van der Waals surface area contributed by atoms with Gasteiger partial charge in [-0.05, 0) is 35.5 Å². The lowest BCUT2D eigenvalue weighted by molar-refractivity contribution is -0.384. The van der Waals surface area contributed by atoms with Crippen molar-refractivity contribution in [2.45, 2.75) is 0 Å². The van der Waals surface area contributed by atoms with Crippen molar-refractivity contribution in [3.8, 4) is 5.75 Å². The molecule has 1 heterocycles. The Balaban J connectivity index is 2.09. The first-order chi connectivity index (χ1) is 11.1. The van der Waals surface area contributed by atoms with Gasteiger partial charge in [-0.1, -0.05) is 0 Å². The molecular formula is C15H13N5O3. The van der Waals surface area contributed by atoms with Gasteiger partial charge >= 0.3 is 0 Å². The summed E-state index contributed by atoms with van der Waals surface area (Å²) < 4.78 is 5.14. The molecule has 0 aliphatic heterocycles. The smallest absolute Gasteiger partial charge is 0.270 e. The molecule has 3 aromatic rings. The van der Waals surface area contributed by atoms with E-state index in [1.54, 1.807) is 18.1 Å². The highest BCUT2D eigenvalue weighted by Gasteiger charge is 2.15. The summed E-state index contributed by atoms with van der Waals surface area (Å²) in [6.07, 6.45) is 0. The summed E-state index contributed by atoms with van der Waals surface area (Å²) >= 11 is 0. The second kappa shape index (κ2) is 5.84. The maximum atomic E-state index is 11.0. The summed E-state index contributed by atoms with van der Waals surface area (Å²) in [5.41, 5.74) is 1.37. The summed E-state index contributed by atoms with van der Waals surface area (Å²) in [6.45, 7) is 0. The van der Waals surface area contributed by atoms with Gasteiger partial charge in [-0.3, -0.25) is 10.1 Å². The van der Waals surface area contributed by atoms with Crippen LogP contribution in [0.3, 0.4) is 0 Å². The van der Waals surface area contributed by atoms with Gasteiger partial charge < -0.3 is 9.64 Å². The number of anilines is 2. The zero-order valence-corrected chi connectivity index (χ0v) is 12.5. The fraction of sp³-hybridized carbons (Fsp3) is 0.133. The molecule has 0 saturated heterocycles. The van der Waals surface area contributed by atoms with Gasteiger partial charge in [-0.25, -0.2) is 0 Å². The average molecular weight is 311 g/mol. The van der Waals surface area contributed by atoms with Crippen molar-refractivity contribution in [3.63, 3.8) is 0 Å². The molecule has 0 atom stereocenters. The van der Waals surface area contributed by atoms with Gasteiger partial charge in [0.15, 0.2) is 5.82 Å². The van der Waals surface area contributed by atoms with Crippen LogP contribution in [0, 0.1) is 10.1 Å². The molecule has 0 bridgehead atoms. The Hall–Kier alpha value is -3.29. The largest absolute Gasteiger partial charge is 0.497 e. The minimum absolute atomic E-state index is 0.0170. The molecule has 116 valence electrons. The van der Waals surface area contributed by atoms with Gasteiger partial charge in [0, 0.05) is 24.9 Å². The molecule has 0 aliphatic rings. The van der Waals surface area contributed by atoms with E-state index < -0.39 is 4.92 Å². The Bertz CT molecular complexity index is 867. The van der Waals surface area contributed by atoms with E-state index in [0.29, 0.717) is 16.7 Å². The average Bonchev–Trinajstić information content (AvgIpc) is 2.60. The van der Waals surface area contributed by atoms with Crippen LogP contribution in [0.5, 0.6) is 5.75 Å². The number of aromatic nitrogens is 3. The number of benzene rings is 2. The monoisotopic (exact) mass is 311 g/mol. The zero-order chi connectivity index (χ0) is 16.4. The predicted molar refractivity (Wildman–Crippen MR) is 85.0 cm³/mol. The number of methoxy groups -OCH3 is 1. The molecule has 0 spiro atoms. The summed E-state index contributed by atoms with van der Waals surface area (Å²) in [5.74, 6) is 1.23. The summed E-state index contributed by atoms with van der Waals surface area (Å²) in [5, 5.41) is 23.2. The van der Waals surface area contributed by atoms with Crippen LogP contribution in [-0.2, 0) is 0 Å². The van der Waals surface area contributed by atoms with E-state index in [2.05, 4.69) is 15.4 Å². The number of nitrogens with zero attached hydrogens (tertiary/aromatic N) is 5. The van der Waals surface area contributed by atoms with Crippen LogP contribution >= 0.6 is 0 Å². The number of non-ortho nitro benzene ring substituents is 1. The molecule has 0 unspecified atom stereocenters. The van der Waals surface area contributed by atoms with E-state index in [0.717, 1.165) is 11.4 Å². The van der Waals surface area contributed by atoms with Crippen molar-refractivity contribution in [1.82, 2.24) is 15.4 Å². The van der Waals surface area contributed by atoms with Crippen LogP contribution in [0.2, 0.25) is 0 Å². The molecule has 8 heteroatoms. The minimum Gasteiger partial charge on any atom is -0.497 e. The lowest BCUT2D eigenvalue weighted by atomic mass is 10.2. The molecule has 0 N–H and O–H groups in total. The Morgan fingerprint density at radius 1 is 1.13 bits per heavy atom. The third kappa shape index (κ3) is 2.73. The molecule has 0 saturated carbocycles. The van der Waals surface area contributed by atoms with Crippen molar-refractivity contribution in [2.75, 3.05) is 19.1 Å². The number of nitro benzene ring substituents is 1. The minimum atomic E-state index is -0.447. The fourth-order valence-corrected chi connectivity index (χ4v) is 2.25. The first-order valence-electron chi connectivity index (χ1n) is 6.75. The lowest BCUT2D eigenvalue weighted by Crippen LogP contribution is -2.13. The summed E-state index contributed by atoms with van der Waals surface area (Å²) in [4.78, 5) is 12.3. The third-order valence-electron chi connectivity index (χ3n) is 3.50. The number of rotatable bonds is 4. The zero-order valence-electron chi connectivity index (χ0n) is 12.5. The molecule has 2 aromatic carbocycles. The summed E-state index contributed by atoms with van der Waals surface area (Å²) in [7, 11) is 3.41. The van der Waals surface area contributed by atoms with Gasteiger partial charge in [-0.15, -0.1) is 10.2 Å². The molecular weight excluding hydrogens is 298 g/mol. The Morgan fingerprint density at radius 2 is 1.87 bits per heavy atom. The van der Waals surface area contributed by atoms with Crippen LogP contribution < -0.4 is 9.64 Å². The van der Waals surface area contributed by atoms with Gasteiger partial charge in [0.05, 0.1) is 22.9 Å². The van der Waals surface area contributed by atoms with E-state index in [4.69, 9.17) is 4.74 Å². The number of ether oxygens (including phenoxy) is 1. The van der Waals surface area contributed by atoms with Crippen molar-refractivity contribution in [3.05, 3.63) is 52.6 Å². The van der Waals surface area contributed by atoms with E-state index >= 15 is 0 Å². The van der Waals surface area contributed by atoms with E-state index in [1.807, 2.05) is 31.3 Å². The topological polar surface area (TPSA) is 94.3 Å². The maximum Gasteiger partial charge on any atom is 0.270 e. The lowest BCUT2D eigenvalue weighted by Gasteiger charge is -2.19. The van der Waals surface area contributed by atoms with Gasteiger partial charge in [0.2, 0.25) is 0 Å². The van der Waals surface area contributed by atoms with Crippen LogP contribution in [-0.4, -0.2) is 34.5 Å². The van der Waals surface area contributed by atoms with Gasteiger partial charge in [-0.2, -0.15) is 0 Å². The third-order valence-corrected chi connectivity index (χ3v) is 3.50. The van der Waals surface area contributed by atoms with Crippen LogP contribution in [0.25, 0.3) is 10.9 Å². The van der Waals surface area contributed by atoms with E-state index in [-0.39, 0.29) is 5.69 Å². The molecule has 1 aromatic heterocycles. The molecule has 0 fully saturated rings. The van der Waals surface area contributed by atoms with Gasteiger partial charge in [0.25, 0.3) is 5.69 Å². The van der Waals surface area contributed by atoms with Crippen molar-refractivity contribution in [2.24, 2.45) is 0 Å².